The van der Waals surface area contributed by atoms with Crippen LogP contribution in [0.1, 0.15) is 18.2 Å². The Labute approximate surface area is 152 Å². The molecule has 0 saturated heterocycles. The Morgan fingerprint density at radius 3 is 2.76 bits per heavy atom. The minimum atomic E-state index is -0.455. The van der Waals surface area contributed by atoms with Gasteiger partial charge < -0.3 is 4.74 Å². The number of benzene rings is 1. The molecule has 2 aromatic heterocycles. The average Bonchev–Trinajstić information content (AvgIpc) is 2.82. The highest BCUT2D eigenvalue weighted by molar-refractivity contribution is 9.10. The summed E-state index contributed by atoms with van der Waals surface area (Å²) in [7, 11) is 0. The van der Waals surface area contributed by atoms with Crippen molar-refractivity contribution in [2.24, 2.45) is 0 Å². The zero-order valence-corrected chi connectivity index (χ0v) is 15.7. The van der Waals surface area contributed by atoms with Crippen LogP contribution in [0.2, 0.25) is 0 Å². The number of aryl methyl sites for hydroxylation is 2. The Hall–Kier alpha value is -2.48. The SMILES string of the molecule is CCOC(=O)Cn1c(=O)n(-c2ncc(Br)nc2C)c2c(C)cccc21. The van der Waals surface area contributed by atoms with Crippen LogP contribution in [0.4, 0.5) is 0 Å². The second kappa shape index (κ2) is 6.79. The largest absolute Gasteiger partial charge is 0.465 e. The molecular formula is C17H17BrN4O3. The van der Waals surface area contributed by atoms with Crippen LogP contribution in [0.3, 0.4) is 0 Å². The standard InChI is InChI=1S/C17H17BrN4O3/c1-4-25-14(23)9-21-12-7-5-6-10(2)15(12)22(17(21)24)16-11(3)20-13(18)8-19-16/h5-8H,4,9H2,1-3H3. The van der Waals surface area contributed by atoms with Gasteiger partial charge in [-0.3, -0.25) is 9.36 Å². The van der Waals surface area contributed by atoms with Crippen molar-refractivity contribution in [1.29, 1.82) is 0 Å². The van der Waals surface area contributed by atoms with Crippen LogP contribution in [-0.2, 0) is 16.1 Å². The minimum Gasteiger partial charge on any atom is -0.465 e. The number of halogens is 1. The highest BCUT2D eigenvalue weighted by Gasteiger charge is 2.20. The molecule has 2 heterocycles. The van der Waals surface area contributed by atoms with Crippen LogP contribution in [0, 0.1) is 13.8 Å². The predicted molar refractivity (Wildman–Crippen MR) is 96.9 cm³/mol. The number of ether oxygens (including phenoxy) is 1. The van der Waals surface area contributed by atoms with Crippen LogP contribution >= 0.6 is 15.9 Å². The van der Waals surface area contributed by atoms with Gasteiger partial charge in [0.2, 0.25) is 0 Å². The summed E-state index contributed by atoms with van der Waals surface area (Å²) in [4.78, 5) is 33.7. The molecule has 1 aromatic carbocycles. The third-order valence-electron chi connectivity index (χ3n) is 3.85. The number of esters is 1. The lowest BCUT2D eigenvalue weighted by Gasteiger charge is -2.07. The summed E-state index contributed by atoms with van der Waals surface area (Å²) < 4.78 is 8.49. The fraction of sp³-hybridized carbons (Fsp3) is 0.294. The second-order valence-corrected chi connectivity index (χ2v) is 6.37. The van der Waals surface area contributed by atoms with Crippen LogP contribution in [0.15, 0.2) is 33.8 Å². The average molecular weight is 405 g/mol. The zero-order chi connectivity index (χ0) is 18.1. The highest BCUT2D eigenvalue weighted by Crippen LogP contribution is 2.22. The first-order valence-electron chi connectivity index (χ1n) is 7.80. The van der Waals surface area contributed by atoms with Crippen LogP contribution in [-0.4, -0.2) is 31.7 Å². The fourth-order valence-electron chi connectivity index (χ4n) is 2.82. The number of hydrogen-bond donors (Lipinski definition) is 0. The summed E-state index contributed by atoms with van der Waals surface area (Å²) in [5.41, 5.74) is 2.52. The van der Waals surface area contributed by atoms with E-state index in [1.807, 2.05) is 19.1 Å². The molecule has 0 fully saturated rings. The molecule has 0 radical (unpaired) electrons. The summed E-state index contributed by atoms with van der Waals surface area (Å²) in [5, 5.41) is 0. The Morgan fingerprint density at radius 2 is 2.08 bits per heavy atom. The third kappa shape index (κ3) is 3.09. The van der Waals surface area contributed by atoms with Gasteiger partial charge in [0.05, 0.1) is 29.5 Å². The fourth-order valence-corrected chi connectivity index (χ4v) is 3.19. The summed E-state index contributed by atoms with van der Waals surface area (Å²) in [6.45, 7) is 5.54. The number of hydrogen-bond acceptors (Lipinski definition) is 5. The monoisotopic (exact) mass is 404 g/mol. The second-order valence-electron chi connectivity index (χ2n) is 5.55. The maximum absolute atomic E-state index is 13.1. The smallest absolute Gasteiger partial charge is 0.335 e. The molecule has 0 aliphatic carbocycles. The Morgan fingerprint density at radius 1 is 1.32 bits per heavy atom. The van der Waals surface area contributed by atoms with Gasteiger partial charge in [-0.1, -0.05) is 12.1 Å². The maximum Gasteiger partial charge on any atom is 0.335 e. The third-order valence-corrected chi connectivity index (χ3v) is 4.23. The molecule has 7 nitrogen and oxygen atoms in total. The van der Waals surface area contributed by atoms with E-state index in [0.29, 0.717) is 27.1 Å². The van der Waals surface area contributed by atoms with E-state index in [1.54, 1.807) is 26.1 Å². The molecule has 0 saturated carbocycles. The topological polar surface area (TPSA) is 79.0 Å². The van der Waals surface area contributed by atoms with E-state index >= 15 is 0 Å². The number of aromatic nitrogens is 4. The first-order chi connectivity index (χ1) is 11.9. The molecule has 3 aromatic rings. The van der Waals surface area contributed by atoms with E-state index in [2.05, 4.69) is 25.9 Å². The van der Waals surface area contributed by atoms with Gasteiger partial charge in [-0.25, -0.2) is 19.3 Å². The van der Waals surface area contributed by atoms with Gasteiger partial charge in [0, 0.05) is 0 Å². The van der Waals surface area contributed by atoms with Gasteiger partial charge in [-0.15, -0.1) is 0 Å². The van der Waals surface area contributed by atoms with Crippen LogP contribution in [0.5, 0.6) is 0 Å². The van der Waals surface area contributed by atoms with E-state index in [1.165, 1.54) is 9.13 Å². The number of imidazole rings is 1. The predicted octanol–water partition coefficient (Wildman–Crippen LogP) is 2.52. The normalized spacial score (nSPS) is 11.0. The van der Waals surface area contributed by atoms with Crippen molar-refractivity contribution < 1.29 is 9.53 Å². The van der Waals surface area contributed by atoms with Gasteiger partial charge in [-0.05, 0) is 48.3 Å². The van der Waals surface area contributed by atoms with Gasteiger partial charge in [-0.2, -0.15) is 0 Å². The van der Waals surface area contributed by atoms with Gasteiger partial charge >= 0.3 is 11.7 Å². The molecule has 0 spiro atoms. The molecule has 0 aliphatic heterocycles. The molecule has 130 valence electrons. The van der Waals surface area contributed by atoms with Gasteiger partial charge in [0.25, 0.3) is 0 Å². The van der Waals surface area contributed by atoms with Crippen molar-refractivity contribution in [2.45, 2.75) is 27.3 Å². The highest BCUT2D eigenvalue weighted by atomic mass is 79.9. The van der Waals surface area contributed by atoms with Crippen LogP contribution < -0.4 is 5.69 Å². The van der Waals surface area contributed by atoms with Crippen molar-refractivity contribution in [3.05, 3.63) is 50.7 Å². The summed E-state index contributed by atoms with van der Waals surface area (Å²) in [6.07, 6.45) is 1.54. The number of nitrogens with zero attached hydrogens (tertiary/aromatic N) is 4. The number of para-hydroxylation sites is 1. The van der Waals surface area contributed by atoms with E-state index in [4.69, 9.17) is 4.74 Å². The molecule has 25 heavy (non-hydrogen) atoms. The molecule has 0 amide bonds. The number of fused-ring (bicyclic) bond motifs is 1. The lowest BCUT2D eigenvalue weighted by molar-refractivity contribution is -0.143. The summed E-state index contributed by atoms with van der Waals surface area (Å²) >= 11 is 3.28. The Balaban J connectivity index is 2.30. The van der Waals surface area contributed by atoms with E-state index in [9.17, 15) is 9.59 Å². The quantitative estimate of drug-likeness (QED) is 0.624. The Kier molecular flexibility index (Phi) is 4.71. The summed E-state index contributed by atoms with van der Waals surface area (Å²) in [6, 6.07) is 5.57. The number of carbonyl (C=O) groups is 1. The van der Waals surface area contributed by atoms with Crippen molar-refractivity contribution in [2.75, 3.05) is 6.61 Å². The molecule has 0 N–H and O–H groups in total. The Bertz CT molecular complexity index is 1020. The number of carbonyl (C=O) groups excluding carboxylic acids is 1. The van der Waals surface area contributed by atoms with E-state index < -0.39 is 5.97 Å². The van der Waals surface area contributed by atoms with Crippen LogP contribution in [0.25, 0.3) is 16.9 Å². The molecule has 8 heteroatoms. The minimum absolute atomic E-state index is 0.150. The van der Waals surface area contributed by atoms with Crippen molar-refractivity contribution in [3.8, 4) is 5.82 Å². The number of rotatable bonds is 4. The summed E-state index contributed by atoms with van der Waals surface area (Å²) in [5.74, 6) is -0.0149. The van der Waals surface area contributed by atoms with E-state index in [-0.39, 0.29) is 18.8 Å². The maximum atomic E-state index is 13.1. The molecular weight excluding hydrogens is 388 g/mol. The first-order valence-corrected chi connectivity index (χ1v) is 8.59. The molecule has 0 bridgehead atoms. The van der Waals surface area contributed by atoms with Crippen molar-refractivity contribution in [3.63, 3.8) is 0 Å². The molecule has 0 unspecified atom stereocenters. The van der Waals surface area contributed by atoms with E-state index in [0.717, 1.165) is 5.56 Å². The lowest BCUT2D eigenvalue weighted by atomic mass is 10.2. The van der Waals surface area contributed by atoms with Crippen molar-refractivity contribution in [1.82, 2.24) is 19.1 Å². The van der Waals surface area contributed by atoms with Gasteiger partial charge in [0.15, 0.2) is 5.82 Å². The van der Waals surface area contributed by atoms with Crippen molar-refractivity contribution >= 4 is 32.9 Å². The lowest BCUT2D eigenvalue weighted by Crippen LogP contribution is -2.28. The zero-order valence-electron chi connectivity index (χ0n) is 14.1. The molecule has 0 atom stereocenters. The molecule has 0 aliphatic rings. The first kappa shape index (κ1) is 17.3. The molecule has 3 rings (SSSR count). The van der Waals surface area contributed by atoms with Gasteiger partial charge in [0.1, 0.15) is 11.1 Å².